The van der Waals surface area contributed by atoms with Gasteiger partial charge in [-0.1, -0.05) is 5.34 Å². The number of likely N-dealkylation sites (tertiary alicyclic amines) is 1. The predicted molar refractivity (Wildman–Crippen MR) is 125 cm³/mol. The van der Waals surface area contributed by atoms with Gasteiger partial charge in [0.05, 0.1) is 21.4 Å². The van der Waals surface area contributed by atoms with Gasteiger partial charge >= 0.3 is 0 Å². The summed E-state index contributed by atoms with van der Waals surface area (Å²) in [6.45, 7) is 3.25. The third-order valence-electron chi connectivity index (χ3n) is 7.69. The summed E-state index contributed by atoms with van der Waals surface area (Å²) in [5.74, 6) is -1.48. The Morgan fingerprint density at radius 3 is 2.47 bits per heavy atom. The van der Waals surface area contributed by atoms with Crippen LogP contribution in [0.4, 0.5) is 19.0 Å². The van der Waals surface area contributed by atoms with Crippen molar-refractivity contribution in [1.29, 1.82) is 0 Å². The molecule has 2 aliphatic heterocycles. The van der Waals surface area contributed by atoms with Crippen LogP contribution in [0.25, 0.3) is 11.3 Å². The SMILES string of the molecule is [B]C([B])(C1CCCOCC1)N1C[C@H]2CC(Nc3ccc(-c4cc(F)cc(F)c4F)nn3)C[C@H]2C1. The van der Waals surface area contributed by atoms with Gasteiger partial charge in [-0.05, 0) is 68.1 Å². The number of hydrogen-bond donors (Lipinski definition) is 1. The molecule has 4 atom stereocenters. The van der Waals surface area contributed by atoms with E-state index in [1.807, 2.05) is 0 Å². The molecule has 1 N–H and O–H groups in total. The smallest absolute Gasteiger partial charge is 0.168 e. The maximum atomic E-state index is 14.0. The van der Waals surface area contributed by atoms with Gasteiger partial charge in [-0.3, -0.25) is 0 Å². The summed E-state index contributed by atoms with van der Waals surface area (Å²) >= 11 is 0. The number of halogens is 3. The fourth-order valence-electron chi connectivity index (χ4n) is 5.86. The lowest BCUT2D eigenvalue weighted by atomic mass is 9.52. The fourth-order valence-corrected chi connectivity index (χ4v) is 5.86. The van der Waals surface area contributed by atoms with E-state index >= 15 is 0 Å². The number of hydrogen-bond acceptors (Lipinski definition) is 5. The topological polar surface area (TPSA) is 50.3 Å². The van der Waals surface area contributed by atoms with Crippen molar-refractivity contribution in [2.24, 2.45) is 17.8 Å². The van der Waals surface area contributed by atoms with Crippen LogP contribution in [0.5, 0.6) is 0 Å². The minimum atomic E-state index is -1.25. The molecule has 0 amide bonds. The number of fused-ring (bicyclic) bond motifs is 1. The van der Waals surface area contributed by atoms with Crippen LogP contribution in [0.3, 0.4) is 0 Å². The first-order valence-electron chi connectivity index (χ1n) is 12.0. The molecule has 5 rings (SSSR count). The zero-order valence-corrected chi connectivity index (χ0v) is 19.0. The van der Waals surface area contributed by atoms with Crippen molar-refractivity contribution in [2.75, 3.05) is 31.6 Å². The second kappa shape index (κ2) is 9.53. The van der Waals surface area contributed by atoms with E-state index in [0.29, 0.717) is 30.3 Å². The van der Waals surface area contributed by atoms with E-state index in [4.69, 9.17) is 20.4 Å². The lowest BCUT2D eigenvalue weighted by Gasteiger charge is -2.44. The minimum Gasteiger partial charge on any atom is -0.381 e. The molecule has 10 heteroatoms. The Bertz CT molecular complexity index is 1000. The number of rotatable bonds is 5. The number of ether oxygens (including phenoxy) is 1. The van der Waals surface area contributed by atoms with Crippen molar-refractivity contribution in [2.45, 2.75) is 43.5 Å². The molecule has 1 aromatic carbocycles. The summed E-state index contributed by atoms with van der Waals surface area (Å²) in [4.78, 5) is 2.26. The molecule has 5 nitrogen and oxygen atoms in total. The van der Waals surface area contributed by atoms with Gasteiger partial charge in [-0.2, -0.15) is 0 Å². The summed E-state index contributed by atoms with van der Waals surface area (Å²) in [5.41, 5.74) is -0.175. The molecule has 2 aromatic rings. The van der Waals surface area contributed by atoms with Gasteiger partial charge in [-0.15, -0.1) is 10.2 Å². The highest BCUT2D eigenvalue weighted by molar-refractivity contribution is 6.40. The van der Waals surface area contributed by atoms with Crippen LogP contribution in [0, 0.1) is 35.2 Å². The summed E-state index contributed by atoms with van der Waals surface area (Å²) in [6.07, 6.45) is 4.82. The largest absolute Gasteiger partial charge is 0.381 e. The summed E-state index contributed by atoms with van der Waals surface area (Å²) < 4.78 is 46.6. The molecule has 176 valence electrons. The molecule has 1 aliphatic carbocycles. The molecule has 3 fully saturated rings. The first-order valence-corrected chi connectivity index (χ1v) is 12.0. The van der Waals surface area contributed by atoms with Crippen molar-refractivity contribution in [1.82, 2.24) is 15.1 Å². The van der Waals surface area contributed by atoms with Crippen LogP contribution in [0.15, 0.2) is 24.3 Å². The third-order valence-corrected chi connectivity index (χ3v) is 7.69. The van der Waals surface area contributed by atoms with Gasteiger partial charge in [0.2, 0.25) is 0 Å². The summed E-state index contributed by atoms with van der Waals surface area (Å²) in [7, 11) is 13.3. The van der Waals surface area contributed by atoms with Gasteiger partial charge in [0.1, 0.15) is 11.6 Å². The lowest BCUT2D eigenvalue weighted by Crippen LogP contribution is -2.55. The van der Waals surface area contributed by atoms with E-state index in [2.05, 4.69) is 20.4 Å². The molecular weight excluding hydrogens is 439 g/mol. The first kappa shape index (κ1) is 23.7. The lowest BCUT2D eigenvalue weighted by molar-refractivity contribution is 0.130. The van der Waals surface area contributed by atoms with Crippen LogP contribution in [0.1, 0.15) is 32.1 Å². The third kappa shape index (κ3) is 4.71. The second-order valence-electron chi connectivity index (χ2n) is 9.92. The van der Waals surface area contributed by atoms with E-state index in [0.717, 1.165) is 57.9 Å². The molecule has 0 spiro atoms. The van der Waals surface area contributed by atoms with E-state index in [1.165, 1.54) is 6.07 Å². The number of aromatic nitrogens is 2. The average molecular weight is 466 g/mol. The molecule has 1 aromatic heterocycles. The van der Waals surface area contributed by atoms with Gasteiger partial charge in [0.15, 0.2) is 11.6 Å². The van der Waals surface area contributed by atoms with Crippen molar-refractivity contribution >= 4 is 21.5 Å². The van der Waals surface area contributed by atoms with Gasteiger partial charge in [-0.25, -0.2) is 13.2 Å². The molecule has 3 aliphatic rings. The number of nitrogens with zero attached hydrogens (tertiary/aromatic N) is 3. The van der Waals surface area contributed by atoms with Crippen LogP contribution in [-0.2, 0) is 4.74 Å². The van der Waals surface area contributed by atoms with E-state index in [9.17, 15) is 13.2 Å². The monoisotopic (exact) mass is 466 g/mol. The van der Waals surface area contributed by atoms with E-state index in [-0.39, 0.29) is 23.2 Å². The molecule has 34 heavy (non-hydrogen) atoms. The molecule has 2 saturated heterocycles. The van der Waals surface area contributed by atoms with Crippen LogP contribution in [-0.4, -0.2) is 68.5 Å². The fraction of sp³-hybridized carbons (Fsp3) is 0.583. The normalized spacial score (nSPS) is 28.0. The Morgan fingerprint density at radius 1 is 1.00 bits per heavy atom. The molecule has 2 unspecified atom stereocenters. The number of anilines is 1. The summed E-state index contributed by atoms with van der Waals surface area (Å²) in [5, 5.41) is 10.7. The number of nitrogens with one attached hydrogen (secondary N) is 1. The Hall–Kier alpha value is -2.06. The van der Waals surface area contributed by atoms with Crippen molar-refractivity contribution < 1.29 is 17.9 Å². The summed E-state index contributed by atoms with van der Waals surface area (Å²) in [6, 6.07) is 4.82. The van der Waals surface area contributed by atoms with Crippen LogP contribution < -0.4 is 5.32 Å². The van der Waals surface area contributed by atoms with Crippen molar-refractivity contribution in [3.8, 4) is 11.3 Å². The highest BCUT2D eigenvalue weighted by Gasteiger charge is 2.46. The predicted octanol–water partition coefficient (Wildman–Crippen LogP) is 3.49. The highest BCUT2D eigenvalue weighted by Crippen LogP contribution is 2.42. The Morgan fingerprint density at radius 2 is 1.76 bits per heavy atom. The molecule has 0 bridgehead atoms. The minimum absolute atomic E-state index is 0.0755. The molecular formula is C24H27B2F3N4O. The Labute approximate surface area is 200 Å². The zero-order chi connectivity index (χ0) is 23.9. The molecule has 1 saturated carbocycles. The van der Waals surface area contributed by atoms with Crippen LogP contribution >= 0.6 is 0 Å². The number of benzene rings is 1. The van der Waals surface area contributed by atoms with Crippen molar-refractivity contribution in [3.63, 3.8) is 0 Å². The molecule has 3 heterocycles. The van der Waals surface area contributed by atoms with Crippen LogP contribution in [0.2, 0.25) is 0 Å². The highest BCUT2D eigenvalue weighted by atomic mass is 19.2. The van der Waals surface area contributed by atoms with E-state index in [1.54, 1.807) is 6.07 Å². The zero-order valence-electron chi connectivity index (χ0n) is 19.0. The molecule has 4 radical (unpaired) electrons. The Kier molecular flexibility index (Phi) is 6.64. The average Bonchev–Trinajstić information content (AvgIpc) is 3.23. The Balaban J connectivity index is 1.18. The quantitative estimate of drug-likeness (QED) is 0.541. The second-order valence-corrected chi connectivity index (χ2v) is 9.92. The van der Waals surface area contributed by atoms with Crippen molar-refractivity contribution in [3.05, 3.63) is 41.7 Å². The van der Waals surface area contributed by atoms with E-state index < -0.39 is 22.8 Å². The maximum Gasteiger partial charge on any atom is 0.168 e. The van der Waals surface area contributed by atoms with Gasteiger partial charge in [0.25, 0.3) is 0 Å². The first-order chi connectivity index (χ1) is 16.3. The standard InChI is InChI=1S/C24H27B2F3N4O/c25-24(26,16-2-1-6-34-7-5-16)33-12-14-8-18(9-15(14)13-33)30-22-4-3-21(31-32-22)19-10-17(27)11-20(28)23(19)29/h3-4,10-11,14-16,18H,1-2,5-9,12-13H2,(H,30,32)/t14-,15+,16?,18?. The van der Waals surface area contributed by atoms with Gasteiger partial charge in [0, 0.05) is 44.0 Å². The maximum absolute atomic E-state index is 14.0. The van der Waals surface area contributed by atoms with Gasteiger partial charge < -0.3 is 15.0 Å².